The maximum absolute atomic E-state index is 12.0. The van der Waals surface area contributed by atoms with Crippen LogP contribution in [0.1, 0.15) is 12.0 Å². The Morgan fingerprint density at radius 2 is 1.82 bits per heavy atom. The van der Waals surface area contributed by atoms with Gasteiger partial charge in [-0.2, -0.15) is 0 Å². The van der Waals surface area contributed by atoms with Crippen LogP contribution in [0, 0.1) is 0 Å². The van der Waals surface area contributed by atoms with Crippen molar-refractivity contribution in [3.05, 3.63) is 48.0 Å². The van der Waals surface area contributed by atoms with Gasteiger partial charge < -0.3 is 4.90 Å². The van der Waals surface area contributed by atoms with Gasteiger partial charge in [0.1, 0.15) is 0 Å². The molecule has 2 nitrogen and oxygen atoms in total. The third-order valence-electron chi connectivity index (χ3n) is 3.43. The molecule has 2 aromatic carbocycles. The molecule has 1 aliphatic rings. The Balaban J connectivity index is 1.91. The van der Waals surface area contributed by atoms with Gasteiger partial charge in [0, 0.05) is 13.1 Å². The van der Waals surface area contributed by atoms with Crippen LogP contribution in [0.2, 0.25) is 0 Å². The fourth-order valence-corrected chi connectivity index (χ4v) is 2.29. The second kappa shape index (κ2) is 4.21. The van der Waals surface area contributed by atoms with Crippen molar-refractivity contribution in [1.82, 2.24) is 4.90 Å². The molecule has 0 spiro atoms. The van der Waals surface area contributed by atoms with Crippen LogP contribution in [0.4, 0.5) is 0 Å². The highest BCUT2D eigenvalue weighted by molar-refractivity contribution is 5.90. The van der Waals surface area contributed by atoms with Crippen molar-refractivity contribution in [3.63, 3.8) is 0 Å². The summed E-state index contributed by atoms with van der Waals surface area (Å²) in [5, 5.41) is 2.41. The number of fused-ring (bicyclic) bond motifs is 1. The number of amides is 1. The van der Waals surface area contributed by atoms with Crippen LogP contribution in [0.3, 0.4) is 0 Å². The zero-order valence-corrected chi connectivity index (χ0v) is 9.73. The van der Waals surface area contributed by atoms with Gasteiger partial charge in [-0.15, -0.1) is 0 Å². The number of benzene rings is 2. The number of rotatable bonds is 2. The first kappa shape index (κ1) is 10.3. The van der Waals surface area contributed by atoms with E-state index < -0.39 is 0 Å². The monoisotopic (exact) mass is 225 g/mol. The van der Waals surface area contributed by atoms with E-state index in [1.807, 2.05) is 23.1 Å². The summed E-state index contributed by atoms with van der Waals surface area (Å²) in [5.41, 5.74) is 1.14. The van der Waals surface area contributed by atoms with Crippen LogP contribution in [-0.2, 0) is 11.2 Å². The number of carbonyl (C=O) groups excluding carboxylic acids is 1. The van der Waals surface area contributed by atoms with Gasteiger partial charge in [0.05, 0.1) is 6.42 Å². The summed E-state index contributed by atoms with van der Waals surface area (Å²) in [7, 11) is 0. The molecule has 0 unspecified atom stereocenters. The summed E-state index contributed by atoms with van der Waals surface area (Å²) in [5.74, 6) is 0.257. The maximum Gasteiger partial charge on any atom is 0.227 e. The Labute approximate surface area is 101 Å². The second-order valence-electron chi connectivity index (χ2n) is 4.55. The Kier molecular flexibility index (Phi) is 2.56. The lowest BCUT2D eigenvalue weighted by molar-refractivity contribution is -0.133. The molecule has 0 N–H and O–H groups in total. The topological polar surface area (TPSA) is 20.3 Å². The van der Waals surface area contributed by atoms with Crippen LogP contribution in [0.15, 0.2) is 42.5 Å². The van der Waals surface area contributed by atoms with Crippen LogP contribution < -0.4 is 0 Å². The minimum absolute atomic E-state index is 0.257. The Morgan fingerprint density at radius 3 is 2.59 bits per heavy atom. The van der Waals surface area contributed by atoms with Gasteiger partial charge in [-0.25, -0.2) is 0 Å². The van der Waals surface area contributed by atoms with Crippen molar-refractivity contribution in [3.8, 4) is 0 Å². The SMILES string of the molecule is O=C(Cc1cccc2ccccc12)N1CCC1. The summed E-state index contributed by atoms with van der Waals surface area (Å²) in [6, 6.07) is 14.4. The molecule has 0 aromatic heterocycles. The molecule has 17 heavy (non-hydrogen) atoms. The summed E-state index contributed by atoms with van der Waals surface area (Å²) < 4.78 is 0. The first-order valence-electron chi connectivity index (χ1n) is 6.09. The lowest BCUT2D eigenvalue weighted by Gasteiger charge is -2.31. The van der Waals surface area contributed by atoms with Gasteiger partial charge in [0.2, 0.25) is 5.91 Å². The molecule has 1 heterocycles. The number of hydrogen-bond donors (Lipinski definition) is 0. The van der Waals surface area contributed by atoms with Crippen LogP contribution >= 0.6 is 0 Å². The van der Waals surface area contributed by atoms with Gasteiger partial charge in [0.25, 0.3) is 0 Å². The fraction of sp³-hybridized carbons (Fsp3) is 0.267. The third-order valence-corrected chi connectivity index (χ3v) is 3.43. The van der Waals surface area contributed by atoms with Gasteiger partial charge in [-0.3, -0.25) is 4.79 Å². The van der Waals surface area contributed by atoms with E-state index >= 15 is 0 Å². The van der Waals surface area contributed by atoms with Crippen molar-refractivity contribution in [2.24, 2.45) is 0 Å². The van der Waals surface area contributed by atoms with Crippen molar-refractivity contribution in [1.29, 1.82) is 0 Å². The normalized spacial score (nSPS) is 14.7. The number of likely N-dealkylation sites (tertiary alicyclic amines) is 1. The molecule has 2 heteroatoms. The predicted octanol–water partition coefficient (Wildman–Crippen LogP) is 2.61. The zero-order valence-electron chi connectivity index (χ0n) is 9.73. The van der Waals surface area contributed by atoms with Gasteiger partial charge >= 0.3 is 0 Å². The predicted molar refractivity (Wildman–Crippen MR) is 68.8 cm³/mol. The van der Waals surface area contributed by atoms with E-state index in [0.717, 1.165) is 25.1 Å². The zero-order chi connectivity index (χ0) is 11.7. The second-order valence-corrected chi connectivity index (χ2v) is 4.55. The molecular formula is C15H15NO. The van der Waals surface area contributed by atoms with E-state index in [9.17, 15) is 4.79 Å². The van der Waals surface area contributed by atoms with Gasteiger partial charge in [-0.1, -0.05) is 42.5 Å². The first-order valence-corrected chi connectivity index (χ1v) is 6.09. The maximum atomic E-state index is 12.0. The number of carbonyl (C=O) groups is 1. The van der Waals surface area contributed by atoms with Crippen molar-refractivity contribution >= 4 is 16.7 Å². The Hall–Kier alpha value is -1.83. The number of nitrogens with zero attached hydrogens (tertiary/aromatic N) is 1. The standard InChI is InChI=1S/C15H15NO/c17-15(16-9-4-10-16)11-13-7-3-6-12-5-1-2-8-14(12)13/h1-3,5-8H,4,9-11H2. The van der Waals surface area contributed by atoms with Crippen LogP contribution in [-0.4, -0.2) is 23.9 Å². The van der Waals surface area contributed by atoms with E-state index in [2.05, 4.69) is 24.3 Å². The van der Waals surface area contributed by atoms with Crippen molar-refractivity contribution in [2.75, 3.05) is 13.1 Å². The van der Waals surface area contributed by atoms with Crippen LogP contribution in [0.5, 0.6) is 0 Å². The Morgan fingerprint density at radius 1 is 1.06 bits per heavy atom. The van der Waals surface area contributed by atoms with E-state index in [0.29, 0.717) is 6.42 Å². The molecule has 0 saturated carbocycles. The minimum Gasteiger partial charge on any atom is -0.342 e. The number of hydrogen-bond acceptors (Lipinski definition) is 1. The third kappa shape index (κ3) is 1.91. The van der Waals surface area contributed by atoms with Gasteiger partial charge in [-0.05, 0) is 22.8 Å². The summed E-state index contributed by atoms with van der Waals surface area (Å²) >= 11 is 0. The fourth-order valence-electron chi connectivity index (χ4n) is 2.29. The molecule has 1 amide bonds. The average molecular weight is 225 g/mol. The van der Waals surface area contributed by atoms with E-state index in [1.54, 1.807) is 0 Å². The lowest BCUT2D eigenvalue weighted by atomic mass is 10.0. The average Bonchev–Trinajstić information content (AvgIpc) is 2.27. The van der Waals surface area contributed by atoms with E-state index in [4.69, 9.17) is 0 Å². The largest absolute Gasteiger partial charge is 0.342 e. The molecule has 0 aliphatic carbocycles. The quantitative estimate of drug-likeness (QED) is 0.769. The highest BCUT2D eigenvalue weighted by Crippen LogP contribution is 2.20. The molecule has 0 atom stereocenters. The summed E-state index contributed by atoms with van der Waals surface area (Å²) in [6.45, 7) is 1.87. The molecular weight excluding hydrogens is 210 g/mol. The van der Waals surface area contributed by atoms with E-state index in [1.165, 1.54) is 10.8 Å². The van der Waals surface area contributed by atoms with E-state index in [-0.39, 0.29) is 5.91 Å². The summed E-state index contributed by atoms with van der Waals surface area (Å²) in [6.07, 6.45) is 1.68. The highest BCUT2D eigenvalue weighted by Gasteiger charge is 2.20. The molecule has 3 rings (SSSR count). The molecule has 0 bridgehead atoms. The summed E-state index contributed by atoms with van der Waals surface area (Å²) in [4.78, 5) is 13.9. The first-order chi connectivity index (χ1) is 8.34. The van der Waals surface area contributed by atoms with Crippen molar-refractivity contribution in [2.45, 2.75) is 12.8 Å². The lowest BCUT2D eigenvalue weighted by Crippen LogP contribution is -2.42. The molecule has 1 aliphatic heterocycles. The Bertz CT molecular complexity index is 552. The molecule has 2 aromatic rings. The minimum atomic E-state index is 0.257. The molecule has 1 saturated heterocycles. The van der Waals surface area contributed by atoms with Crippen molar-refractivity contribution < 1.29 is 4.79 Å². The molecule has 86 valence electrons. The molecule has 0 radical (unpaired) electrons. The highest BCUT2D eigenvalue weighted by atomic mass is 16.2. The molecule has 1 fully saturated rings. The van der Waals surface area contributed by atoms with Gasteiger partial charge in [0.15, 0.2) is 0 Å². The van der Waals surface area contributed by atoms with Crippen LogP contribution in [0.25, 0.3) is 10.8 Å². The smallest absolute Gasteiger partial charge is 0.227 e.